The fourth-order valence-corrected chi connectivity index (χ4v) is 4.05. The van der Waals surface area contributed by atoms with Crippen molar-refractivity contribution in [3.63, 3.8) is 0 Å². The molecule has 2 heterocycles. The Balaban J connectivity index is 1.38. The van der Waals surface area contributed by atoms with Gasteiger partial charge in [-0.25, -0.2) is 0 Å². The van der Waals surface area contributed by atoms with E-state index in [1.807, 2.05) is 50.2 Å². The van der Waals surface area contributed by atoms with Gasteiger partial charge in [-0.05, 0) is 57.0 Å². The molecule has 7 heteroatoms. The van der Waals surface area contributed by atoms with Gasteiger partial charge in [0.25, 0.3) is 0 Å². The maximum atomic E-state index is 12.8. The summed E-state index contributed by atoms with van der Waals surface area (Å²) in [4.78, 5) is 19.5. The number of piperidine rings is 1. The third-order valence-corrected chi connectivity index (χ3v) is 5.66. The lowest BCUT2D eigenvalue weighted by molar-refractivity contribution is -0.121. The van der Waals surface area contributed by atoms with Crippen LogP contribution in [0.2, 0.25) is 5.02 Å². The Hall–Kier alpha value is -2.70. The monoisotopic (exact) mass is 424 g/mol. The minimum atomic E-state index is -0.0604. The number of hydrogen-bond acceptors (Lipinski definition) is 5. The summed E-state index contributed by atoms with van der Waals surface area (Å²) in [5.74, 6) is 1.07. The first-order chi connectivity index (χ1) is 14.5. The summed E-state index contributed by atoms with van der Waals surface area (Å²) in [7, 11) is 0. The van der Waals surface area contributed by atoms with Crippen molar-refractivity contribution in [1.82, 2.24) is 15.0 Å². The number of anilines is 1. The molecule has 1 amide bonds. The van der Waals surface area contributed by atoms with Gasteiger partial charge in [0.1, 0.15) is 0 Å². The highest BCUT2D eigenvalue weighted by atomic mass is 35.5. The van der Waals surface area contributed by atoms with E-state index in [0.717, 1.165) is 36.2 Å². The molecule has 2 aromatic carbocycles. The summed E-state index contributed by atoms with van der Waals surface area (Å²) < 4.78 is 5.43. The number of nitrogens with zero attached hydrogens (tertiary/aromatic N) is 3. The van der Waals surface area contributed by atoms with E-state index in [1.54, 1.807) is 0 Å². The molecule has 0 radical (unpaired) electrons. The topological polar surface area (TPSA) is 71.3 Å². The number of carbonyl (C=O) groups is 1. The van der Waals surface area contributed by atoms with Gasteiger partial charge in [0, 0.05) is 22.8 Å². The quantitative estimate of drug-likeness (QED) is 0.633. The smallest absolute Gasteiger partial charge is 0.241 e. The van der Waals surface area contributed by atoms with Crippen LogP contribution < -0.4 is 5.32 Å². The van der Waals surface area contributed by atoms with Gasteiger partial charge in [0.15, 0.2) is 0 Å². The van der Waals surface area contributed by atoms with Crippen LogP contribution in [0.25, 0.3) is 11.4 Å². The maximum absolute atomic E-state index is 12.8. The fraction of sp³-hybridized carbons (Fsp3) is 0.348. The Morgan fingerprint density at radius 2 is 2.13 bits per heavy atom. The maximum Gasteiger partial charge on any atom is 0.241 e. The predicted octanol–water partition coefficient (Wildman–Crippen LogP) is 4.86. The molecular formula is C23H25ClN4O2. The van der Waals surface area contributed by atoms with E-state index in [4.69, 9.17) is 16.1 Å². The third kappa shape index (κ3) is 4.89. The normalized spacial score (nSPS) is 17.1. The van der Waals surface area contributed by atoms with Crippen LogP contribution >= 0.6 is 11.6 Å². The average Bonchev–Trinajstić information content (AvgIpc) is 3.19. The van der Waals surface area contributed by atoms with Gasteiger partial charge in [0.05, 0.1) is 12.5 Å². The lowest BCUT2D eigenvalue weighted by Gasteiger charge is -2.31. The summed E-state index contributed by atoms with van der Waals surface area (Å²) >= 11 is 6.05. The summed E-state index contributed by atoms with van der Waals surface area (Å²) in [6.45, 7) is 6.17. The molecule has 1 aliphatic heterocycles. The van der Waals surface area contributed by atoms with Gasteiger partial charge in [-0.3, -0.25) is 9.69 Å². The molecular weight excluding hydrogens is 400 g/mol. The molecule has 1 aliphatic rings. The zero-order valence-corrected chi connectivity index (χ0v) is 17.9. The zero-order valence-electron chi connectivity index (χ0n) is 17.2. The first-order valence-electron chi connectivity index (χ1n) is 10.2. The van der Waals surface area contributed by atoms with Crippen molar-refractivity contribution in [2.24, 2.45) is 5.92 Å². The largest absolute Gasteiger partial charge is 0.338 e. The Kier molecular flexibility index (Phi) is 6.16. The fourth-order valence-electron chi connectivity index (χ4n) is 3.86. The van der Waals surface area contributed by atoms with Crippen molar-refractivity contribution in [2.75, 3.05) is 18.4 Å². The summed E-state index contributed by atoms with van der Waals surface area (Å²) in [6, 6.07) is 13.4. The second-order valence-corrected chi connectivity index (χ2v) is 8.34. The minimum absolute atomic E-state index is 0.0604. The minimum Gasteiger partial charge on any atom is -0.338 e. The van der Waals surface area contributed by atoms with E-state index in [0.29, 0.717) is 29.8 Å². The van der Waals surface area contributed by atoms with Crippen LogP contribution in [-0.2, 0) is 11.3 Å². The van der Waals surface area contributed by atoms with Crippen LogP contribution in [0.4, 0.5) is 5.69 Å². The summed E-state index contributed by atoms with van der Waals surface area (Å²) in [5.41, 5.74) is 3.97. The van der Waals surface area contributed by atoms with Crippen molar-refractivity contribution in [3.05, 3.63) is 64.5 Å². The van der Waals surface area contributed by atoms with Crippen LogP contribution in [0.5, 0.6) is 0 Å². The van der Waals surface area contributed by atoms with Crippen LogP contribution in [0.3, 0.4) is 0 Å². The highest BCUT2D eigenvalue weighted by molar-refractivity contribution is 6.30. The van der Waals surface area contributed by atoms with Crippen molar-refractivity contribution < 1.29 is 9.32 Å². The van der Waals surface area contributed by atoms with E-state index in [1.165, 1.54) is 5.56 Å². The highest BCUT2D eigenvalue weighted by Crippen LogP contribution is 2.24. The zero-order chi connectivity index (χ0) is 21.1. The number of aromatic nitrogens is 2. The van der Waals surface area contributed by atoms with Crippen LogP contribution in [0, 0.1) is 19.8 Å². The first kappa shape index (κ1) is 20.6. The number of likely N-dealkylation sites (tertiary alicyclic amines) is 1. The van der Waals surface area contributed by atoms with Crippen LogP contribution in [0.15, 0.2) is 47.0 Å². The molecule has 156 valence electrons. The molecule has 1 saturated heterocycles. The number of rotatable bonds is 5. The number of amides is 1. The number of halogens is 1. The van der Waals surface area contributed by atoms with Crippen molar-refractivity contribution in [3.8, 4) is 11.4 Å². The summed E-state index contributed by atoms with van der Waals surface area (Å²) in [5, 5.41) is 7.79. The molecule has 3 aromatic rings. The van der Waals surface area contributed by atoms with E-state index in [-0.39, 0.29) is 11.8 Å². The molecule has 1 fully saturated rings. The van der Waals surface area contributed by atoms with Crippen molar-refractivity contribution in [1.29, 1.82) is 0 Å². The molecule has 30 heavy (non-hydrogen) atoms. The molecule has 0 saturated carbocycles. The van der Waals surface area contributed by atoms with E-state index in [9.17, 15) is 4.79 Å². The van der Waals surface area contributed by atoms with Gasteiger partial charge in [0.2, 0.25) is 17.6 Å². The van der Waals surface area contributed by atoms with Gasteiger partial charge < -0.3 is 9.84 Å². The van der Waals surface area contributed by atoms with Crippen LogP contribution in [-0.4, -0.2) is 34.0 Å². The van der Waals surface area contributed by atoms with Gasteiger partial charge in [-0.1, -0.05) is 46.6 Å². The van der Waals surface area contributed by atoms with Crippen LogP contribution in [0.1, 0.15) is 29.9 Å². The molecule has 1 unspecified atom stereocenters. The predicted molar refractivity (Wildman–Crippen MR) is 117 cm³/mol. The third-order valence-electron chi connectivity index (χ3n) is 5.43. The molecule has 1 aromatic heterocycles. The molecule has 4 rings (SSSR count). The number of hydrogen-bond donors (Lipinski definition) is 1. The second-order valence-electron chi connectivity index (χ2n) is 7.90. The Labute approximate surface area is 181 Å². The second kappa shape index (κ2) is 8.98. The molecule has 0 aliphatic carbocycles. The van der Waals surface area contributed by atoms with Gasteiger partial charge in [-0.2, -0.15) is 4.98 Å². The van der Waals surface area contributed by atoms with E-state index < -0.39 is 0 Å². The van der Waals surface area contributed by atoms with Gasteiger partial charge in [-0.15, -0.1) is 0 Å². The molecule has 6 nitrogen and oxygen atoms in total. The van der Waals surface area contributed by atoms with E-state index >= 15 is 0 Å². The standard InChI is InChI=1S/C23H25ClN4O2/c1-15-8-9-20(16(2)11-15)25-23(29)18-6-4-10-28(13-18)14-21-26-22(27-30-21)17-5-3-7-19(24)12-17/h3,5,7-9,11-12,18H,4,6,10,13-14H2,1-2H3,(H,25,29). The van der Waals surface area contributed by atoms with Crippen molar-refractivity contribution in [2.45, 2.75) is 33.2 Å². The Morgan fingerprint density at radius 3 is 2.93 bits per heavy atom. The van der Waals surface area contributed by atoms with E-state index in [2.05, 4.69) is 26.4 Å². The SMILES string of the molecule is Cc1ccc(NC(=O)C2CCCN(Cc3nc(-c4cccc(Cl)c4)no3)C2)c(C)c1. The lowest BCUT2D eigenvalue weighted by atomic mass is 9.96. The molecule has 1 atom stereocenters. The number of aryl methyl sites for hydroxylation is 2. The Bertz CT molecular complexity index is 1050. The van der Waals surface area contributed by atoms with Crippen molar-refractivity contribution >= 4 is 23.2 Å². The molecule has 0 spiro atoms. The first-order valence-corrected chi connectivity index (χ1v) is 10.5. The highest BCUT2D eigenvalue weighted by Gasteiger charge is 2.27. The molecule has 1 N–H and O–H groups in total. The lowest BCUT2D eigenvalue weighted by Crippen LogP contribution is -2.40. The average molecular weight is 425 g/mol. The number of carbonyl (C=O) groups excluding carboxylic acids is 1. The molecule has 0 bridgehead atoms. The number of benzene rings is 2. The number of nitrogens with one attached hydrogen (secondary N) is 1. The van der Waals surface area contributed by atoms with Gasteiger partial charge >= 0.3 is 0 Å². The summed E-state index contributed by atoms with van der Waals surface area (Å²) in [6.07, 6.45) is 1.84. The Morgan fingerprint density at radius 1 is 1.27 bits per heavy atom.